The molecule has 1 N–H and O–H groups in total. The average molecular weight is 444 g/mol. The molecule has 1 aliphatic heterocycles. The summed E-state index contributed by atoms with van der Waals surface area (Å²) >= 11 is 1.38. The molecule has 0 radical (unpaired) electrons. The van der Waals surface area contributed by atoms with Crippen molar-refractivity contribution in [3.05, 3.63) is 36.2 Å². The summed E-state index contributed by atoms with van der Waals surface area (Å²) in [6, 6.07) is 8.11. The van der Waals surface area contributed by atoms with E-state index in [0.717, 1.165) is 37.9 Å². The van der Waals surface area contributed by atoms with Gasteiger partial charge in [-0.25, -0.2) is 0 Å². The van der Waals surface area contributed by atoms with Crippen LogP contribution in [0.5, 0.6) is 0 Å². The van der Waals surface area contributed by atoms with Crippen molar-refractivity contribution in [3.63, 3.8) is 0 Å². The molecule has 31 heavy (non-hydrogen) atoms. The number of amides is 2. The van der Waals surface area contributed by atoms with Crippen LogP contribution in [0.1, 0.15) is 51.0 Å². The number of carbonyl (C=O) groups excluding carboxylic acids is 2. The predicted octanol–water partition coefficient (Wildman–Crippen LogP) is 3.60. The lowest BCUT2D eigenvalue weighted by atomic mass is 9.97. The number of hydrogen-bond acceptors (Lipinski definition) is 5. The van der Waals surface area contributed by atoms with E-state index in [1.54, 1.807) is 6.33 Å². The normalized spacial score (nSPS) is 16.3. The average Bonchev–Trinajstić information content (AvgIpc) is 3.26. The van der Waals surface area contributed by atoms with E-state index in [-0.39, 0.29) is 23.5 Å². The second kappa shape index (κ2) is 11.9. The standard InChI is InChI=1S/C23H33N5O2S/c1-3-4-5-6-13-24-22(30)19-8-7-14-27(15-19)21(29)16-31-23-26-25-17-28(23)20-11-9-18(2)10-12-20/h9-12,17,19H,3-8,13-16H2,1-2H3,(H,24,30). The van der Waals surface area contributed by atoms with E-state index in [4.69, 9.17) is 0 Å². The third-order valence-corrected chi connectivity index (χ3v) is 6.56. The van der Waals surface area contributed by atoms with Crippen molar-refractivity contribution in [2.75, 3.05) is 25.4 Å². The maximum absolute atomic E-state index is 12.8. The van der Waals surface area contributed by atoms with Gasteiger partial charge in [-0.2, -0.15) is 0 Å². The van der Waals surface area contributed by atoms with Crippen LogP contribution in [0.4, 0.5) is 0 Å². The van der Waals surface area contributed by atoms with Gasteiger partial charge in [0, 0.05) is 25.3 Å². The number of nitrogens with one attached hydrogen (secondary N) is 1. The Morgan fingerprint density at radius 2 is 2.00 bits per heavy atom. The van der Waals surface area contributed by atoms with E-state index in [1.807, 2.05) is 40.7 Å². The largest absolute Gasteiger partial charge is 0.356 e. The van der Waals surface area contributed by atoms with Crippen molar-refractivity contribution in [3.8, 4) is 5.69 Å². The van der Waals surface area contributed by atoms with E-state index >= 15 is 0 Å². The summed E-state index contributed by atoms with van der Waals surface area (Å²) in [6.45, 7) is 6.17. The molecule has 0 spiro atoms. The van der Waals surface area contributed by atoms with E-state index in [2.05, 4.69) is 22.4 Å². The van der Waals surface area contributed by atoms with Crippen molar-refractivity contribution in [2.45, 2.75) is 57.5 Å². The highest BCUT2D eigenvalue weighted by molar-refractivity contribution is 7.99. The van der Waals surface area contributed by atoms with Crippen LogP contribution >= 0.6 is 11.8 Å². The van der Waals surface area contributed by atoms with Crippen molar-refractivity contribution in [1.82, 2.24) is 25.0 Å². The zero-order valence-corrected chi connectivity index (χ0v) is 19.4. The van der Waals surface area contributed by atoms with Crippen molar-refractivity contribution < 1.29 is 9.59 Å². The minimum absolute atomic E-state index is 0.0453. The number of carbonyl (C=O) groups is 2. The first kappa shape index (κ1) is 23.3. The molecule has 7 nitrogen and oxygen atoms in total. The summed E-state index contributed by atoms with van der Waals surface area (Å²) in [5, 5.41) is 11.9. The molecule has 3 rings (SSSR count). The fourth-order valence-electron chi connectivity index (χ4n) is 3.75. The Morgan fingerprint density at radius 1 is 1.19 bits per heavy atom. The van der Waals surface area contributed by atoms with Crippen LogP contribution in [0.2, 0.25) is 0 Å². The number of likely N-dealkylation sites (tertiary alicyclic amines) is 1. The van der Waals surface area contributed by atoms with E-state index < -0.39 is 0 Å². The molecule has 2 amide bonds. The molecular weight excluding hydrogens is 410 g/mol. The van der Waals surface area contributed by atoms with Gasteiger partial charge in [-0.15, -0.1) is 10.2 Å². The first-order valence-electron chi connectivity index (χ1n) is 11.2. The molecule has 168 valence electrons. The van der Waals surface area contributed by atoms with Gasteiger partial charge in [0.1, 0.15) is 6.33 Å². The first-order valence-corrected chi connectivity index (χ1v) is 12.2. The van der Waals surface area contributed by atoms with Gasteiger partial charge in [0.2, 0.25) is 11.8 Å². The maximum atomic E-state index is 12.8. The Hall–Kier alpha value is -2.35. The Bertz CT molecular complexity index is 852. The third kappa shape index (κ3) is 6.82. The molecule has 0 bridgehead atoms. The Morgan fingerprint density at radius 3 is 2.77 bits per heavy atom. The topological polar surface area (TPSA) is 80.1 Å². The molecule has 1 aromatic heterocycles. The van der Waals surface area contributed by atoms with Gasteiger partial charge in [-0.1, -0.05) is 55.6 Å². The van der Waals surface area contributed by atoms with Gasteiger partial charge in [-0.05, 0) is 38.3 Å². The SMILES string of the molecule is CCCCCCNC(=O)C1CCCN(C(=O)CSc2nncn2-c2ccc(C)cc2)C1. The molecule has 1 unspecified atom stereocenters. The van der Waals surface area contributed by atoms with Gasteiger partial charge in [0.05, 0.1) is 11.7 Å². The lowest BCUT2D eigenvalue weighted by molar-refractivity contribution is -0.133. The lowest BCUT2D eigenvalue weighted by Crippen LogP contribution is -2.46. The van der Waals surface area contributed by atoms with Crippen LogP contribution in [0.3, 0.4) is 0 Å². The molecule has 1 atom stereocenters. The van der Waals surface area contributed by atoms with Gasteiger partial charge in [-0.3, -0.25) is 14.2 Å². The van der Waals surface area contributed by atoms with E-state index in [0.29, 0.717) is 18.2 Å². The van der Waals surface area contributed by atoms with Crippen LogP contribution in [-0.2, 0) is 9.59 Å². The fourth-order valence-corrected chi connectivity index (χ4v) is 4.58. The molecule has 0 aliphatic carbocycles. The number of aromatic nitrogens is 3. The number of aryl methyl sites for hydroxylation is 1. The Balaban J connectivity index is 1.48. The van der Waals surface area contributed by atoms with Crippen LogP contribution < -0.4 is 5.32 Å². The summed E-state index contributed by atoms with van der Waals surface area (Å²) in [7, 11) is 0. The van der Waals surface area contributed by atoms with Gasteiger partial charge in [0.15, 0.2) is 5.16 Å². The summed E-state index contributed by atoms with van der Waals surface area (Å²) < 4.78 is 1.89. The molecule has 1 aromatic carbocycles. The zero-order valence-electron chi connectivity index (χ0n) is 18.5. The highest BCUT2D eigenvalue weighted by Gasteiger charge is 2.28. The van der Waals surface area contributed by atoms with Crippen LogP contribution in [0.25, 0.3) is 5.69 Å². The van der Waals surface area contributed by atoms with Crippen molar-refractivity contribution >= 4 is 23.6 Å². The fraction of sp³-hybridized carbons (Fsp3) is 0.565. The maximum Gasteiger partial charge on any atom is 0.233 e. The number of rotatable bonds is 10. The van der Waals surface area contributed by atoms with Gasteiger partial charge >= 0.3 is 0 Å². The highest BCUT2D eigenvalue weighted by atomic mass is 32.2. The second-order valence-electron chi connectivity index (χ2n) is 8.14. The predicted molar refractivity (Wildman–Crippen MR) is 123 cm³/mol. The summed E-state index contributed by atoms with van der Waals surface area (Å²) in [6.07, 6.45) is 7.94. The smallest absolute Gasteiger partial charge is 0.233 e. The molecule has 1 fully saturated rings. The lowest BCUT2D eigenvalue weighted by Gasteiger charge is -2.32. The van der Waals surface area contributed by atoms with Gasteiger partial charge in [0.25, 0.3) is 0 Å². The van der Waals surface area contributed by atoms with Crippen molar-refractivity contribution in [1.29, 1.82) is 0 Å². The number of hydrogen-bond donors (Lipinski definition) is 1. The first-order chi connectivity index (χ1) is 15.1. The van der Waals surface area contributed by atoms with E-state index in [1.165, 1.54) is 30.2 Å². The van der Waals surface area contributed by atoms with Crippen LogP contribution in [0, 0.1) is 12.8 Å². The monoisotopic (exact) mass is 443 g/mol. The van der Waals surface area contributed by atoms with Crippen LogP contribution in [0.15, 0.2) is 35.7 Å². The number of unbranched alkanes of at least 4 members (excludes halogenated alkanes) is 3. The second-order valence-corrected chi connectivity index (χ2v) is 9.08. The minimum Gasteiger partial charge on any atom is -0.356 e. The molecular formula is C23H33N5O2S. The third-order valence-electron chi connectivity index (χ3n) is 5.63. The molecule has 2 aromatic rings. The highest BCUT2D eigenvalue weighted by Crippen LogP contribution is 2.22. The Labute approximate surface area is 189 Å². The summed E-state index contributed by atoms with van der Waals surface area (Å²) in [5.41, 5.74) is 2.16. The molecule has 1 aliphatic rings. The summed E-state index contributed by atoms with van der Waals surface area (Å²) in [4.78, 5) is 27.1. The zero-order chi connectivity index (χ0) is 22.1. The number of nitrogens with zero attached hydrogens (tertiary/aromatic N) is 4. The van der Waals surface area contributed by atoms with Crippen LogP contribution in [-0.4, -0.2) is 56.9 Å². The molecule has 2 heterocycles. The number of benzene rings is 1. The molecule has 1 saturated heterocycles. The number of piperidine rings is 1. The number of thioether (sulfide) groups is 1. The quantitative estimate of drug-likeness (QED) is 0.448. The van der Waals surface area contributed by atoms with Crippen molar-refractivity contribution in [2.24, 2.45) is 5.92 Å². The van der Waals surface area contributed by atoms with E-state index in [9.17, 15) is 9.59 Å². The molecule has 8 heteroatoms. The Kier molecular flexibility index (Phi) is 8.94. The molecule has 0 saturated carbocycles. The summed E-state index contributed by atoms with van der Waals surface area (Å²) in [5.74, 6) is 0.311. The minimum atomic E-state index is -0.106. The van der Waals surface area contributed by atoms with Gasteiger partial charge < -0.3 is 10.2 Å².